The number of rotatable bonds is 2. The maximum absolute atomic E-state index is 12.8. The highest BCUT2D eigenvalue weighted by atomic mass is 16.7. The molecule has 2 heterocycles. The number of amides is 2. The molecule has 0 saturated carbocycles. The number of nitrogens with one attached hydrogen (secondary N) is 1. The molecule has 0 radical (unpaired) electrons. The van der Waals surface area contributed by atoms with Crippen LogP contribution in [0, 0.1) is 0 Å². The van der Waals surface area contributed by atoms with Crippen LogP contribution < -0.4 is 5.32 Å². The number of oxime groups is 1. The average molecular weight is 409 g/mol. The molecule has 0 aliphatic carbocycles. The predicted molar refractivity (Wildman–Crippen MR) is 115 cm³/mol. The molecule has 2 aliphatic heterocycles. The molecule has 1 saturated heterocycles. The van der Waals surface area contributed by atoms with Gasteiger partial charge >= 0.3 is 6.09 Å². The third kappa shape index (κ3) is 4.25. The van der Waals surface area contributed by atoms with Gasteiger partial charge in [-0.1, -0.05) is 41.6 Å². The van der Waals surface area contributed by atoms with Crippen molar-refractivity contribution in [1.82, 2.24) is 4.90 Å². The second kappa shape index (κ2) is 7.63. The molecule has 2 aromatic carbocycles. The van der Waals surface area contributed by atoms with Gasteiger partial charge in [0.15, 0.2) is 0 Å². The average Bonchev–Trinajstić information content (AvgIpc) is 3.11. The van der Waals surface area contributed by atoms with Crippen LogP contribution in [0.3, 0.4) is 0 Å². The van der Waals surface area contributed by atoms with Crippen LogP contribution in [-0.2, 0) is 14.4 Å². The Morgan fingerprint density at radius 3 is 2.53 bits per heavy atom. The summed E-state index contributed by atoms with van der Waals surface area (Å²) in [4.78, 5) is 32.5. The van der Waals surface area contributed by atoms with Crippen molar-refractivity contribution in [2.75, 3.05) is 18.4 Å². The van der Waals surface area contributed by atoms with Gasteiger partial charge in [0.25, 0.3) is 5.91 Å². The van der Waals surface area contributed by atoms with Gasteiger partial charge in [-0.2, -0.15) is 0 Å². The minimum Gasteiger partial charge on any atom is -0.444 e. The first-order chi connectivity index (χ1) is 14.2. The van der Waals surface area contributed by atoms with Crippen molar-refractivity contribution < 1.29 is 19.2 Å². The molecule has 1 spiro atoms. The number of piperidine rings is 1. The molecule has 1 fully saturated rings. The van der Waals surface area contributed by atoms with Crippen molar-refractivity contribution in [3.8, 4) is 0 Å². The lowest BCUT2D eigenvalue weighted by Crippen LogP contribution is -2.48. The second-order valence-electron chi connectivity index (χ2n) is 8.94. The van der Waals surface area contributed by atoms with Gasteiger partial charge in [-0.25, -0.2) is 4.79 Å². The summed E-state index contributed by atoms with van der Waals surface area (Å²) >= 11 is 0. The Labute approximate surface area is 176 Å². The Kier molecular flexibility index (Phi) is 5.13. The lowest BCUT2D eigenvalue weighted by atomic mass is 9.87. The summed E-state index contributed by atoms with van der Waals surface area (Å²) in [6.07, 6.45) is 1.35. The Bertz CT molecular complexity index is 996. The molecule has 7 nitrogen and oxygen atoms in total. The number of benzene rings is 2. The van der Waals surface area contributed by atoms with E-state index in [0.717, 1.165) is 16.5 Å². The molecule has 0 bridgehead atoms. The van der Waals surface area contributed by atoms with Crippen LogP contribution in [0.25, 0.3) is 10.8 Å². The maximum atomic E-state index is 12.8. The standard InChI is InChI=1S/C23H27N3O4/c1-22(2,3)29-21(28)26-13-11-23(12-14-26)15-19(25-30-23)20(27)24-18-10-6-8-16-7-4-5-9-17(16)18/h4-10H,11-15H2,1-3H3,(H,24,27). The first-order valence-corrected chi connectivity index (χ1v) is 10.3. The lowest BCUT2D eigenvalue weighted by Gasteiger charge is -2.37. The van der Waals surface area contributed by atoms with E-state index in [1.54, 1.807) is 4.90 Å². The third-order valence-electron chi connectivity index (χ3n) is 5.47. The zero-order chi connectivity index (χ0) is 21.4. The van der Waals surface area contributed by atoms with E-state index in [-0.39, 0.29) is 12.0 Å². The van der Waals surface area contributed by atoms with Crippen LogP contribution in [0.2, 0.25) is 0 Å². The molecule has 158 valence electrons. The van der Waals surface area contributed by atoms with Gasteiger partial charge in [-0.15, -0.1) is 0 Å². The van der Waals surface area contributed by atoms with Gasteiger partial charge in [0.1, 0.15) is 16.9 Å². The molecule has 30 heavy (non-hydrogen) atoms. The smallest absolute Gasteiger partial charge is 0.410 e. The van der Waals surface area contributed by atoms with Crippen molar-refractivity contribution >= 4 is 34.2 Å². The summed E-state index contributed by atoms with van der Waals surface area (Å²) in [5.41, 5.74) is 0.0888. The van der Waals surface area contributed by atoms with E-state index in [0.29, 0.717) is 38.1 Å². The van der Waals surface area contributed by atoms with Crippen LogP contribution in [0.4, 0.5) is 10.5 Å². The van der Waals surface area contributed by atoms with E-state index in [1.807, 2.05) is 63.2 Å². The van der Waals surface area contributed by atoms with Gasteiger partial charge in [-0.3, -0.25) is 4.79 Å². The first kappa shape index (κ1) is 20.2. The monoisotopic (exact) mass is 409 g/mol. The van der Waals surface area contributed by atoms with Gasteiger partial charge in [0, 0.05) is 43.4 Å². The Balaban J connectivity index is 1.36. The first-order valence-electron chi connectivity index (χ1n) is 10.3. The SMILES string of the molecule is CC(C)(C)OC(=O)N1CCC2(CC1)CC(C(=O)Nc1cccc3ccccc13)=NO2. The fraction of sp³-hybridized carbons (Fsp3) is 0.435. The number of likely N-dealkylation sites (tertiary alicyclic amines) is 1. The van der Waals surface area contributed by atoms with Crippen molar-refractivity contribution in [3.05, 3.63) is 42.5 Å². The van der Waals surface area contributed by atoms with Gasteiger partial charge < -0.3 is 19.8 Å². The quantitative estimate of drug-likeness (QED) is 0.801. The summed E-state index contributed by atoms with van der Waals surface area (Å²) in [6, 6.07) is 13.7. The summed E-state index contributed by atoms with van der Waals surface area (Å²) in [5.74, 6) is -0.252. The number of anilines is 1. The van der Waals surface area contributed by atoms with Gasteiger partial charge in [-0.05, 0) is 32.2 Å². The number of nitrogens with zero attached hydrogens (tertiary/aromatic N) is 2. The van der Waals surface area contributed by atoms with Crippen molar-refractivity contribution in [3.63, 3.8) is 0 Å². The molecule has 2 aromatic rings. The highest BCUT2D eigenvalue weighted by Gasteiger charge is 2.45. The van der Waals surface area contributed by atoms with E-state index in [2.05, 4.69) is 10.5 Å². The maximum Gasteiger partial charge on any atom is 0.410 e. The minimum absolute atomic E-state index is 0.252. The molecule has 2 amide bonds. The number of carbonyl (C=O) groups excluding carboxylic acids is 2. The summed E-state index contributed by atoms with van der Waals surface area (Å²) < 4.78 is 5.44. The van der Waals surface area contributed by atoms with E-state index in [4.69, 9.17) is 9.57 Å². The van der Waals surface area contributed by atoms with E-state index in [1.165, 1.54) is 0 Å². The summed E-state index contributed by atoms with van der Waals surface area (Å²) in [5, 5.41) is 9.10. The molecule has 7 heteroatoms. The Hall–Kier alpha value is -3.09. The Morgan fingerprint density at radius 1 is 1.10 bits per heavy atom. The van der Waals surface area contributed by atoms with Crippen molar-refractivity contribution in [2.45, 2.75) is 51.2 Å². The molecule has 2 aliphatic rings. The fourth-order valence-electron chi connectivity index (χ4n) is 3.86. The number of carbonyl (C=O) groups is 2. The molecular formula is C23H27N3O4. The third-order valence-corrected chi connectivity index (χ3v) is 5.47. The van der Waals surface area contributed by atoms with Gasteiger partial charge in [0.05, 0.1) is 0 Å². The number of fused-ring (bicyclic) bond motifs is 1. The van der Waals surface area contributed by atoms with E-state index >= 15 is 0 Å². The molecule has 1 N–H and O–H groups in total. The van der Waals surface area contributed by atoms with E-state index < -0.39 is 11.2 Å². The van der Waals surface area contributed by atoms with Crippen LogP contribution in [0.5, 0.6) is 0 Å². The Morgan fingerprint density at radius 2 is 1.80 bits per heavy atom. The van der Waals surface area contributed by atoms with Crippen LogP contribution in [-0.4, -0.2) is 46.9 Å². The zero-order valence-electron chi connectivity index (χ0n) is 17.6. The topological polar surface area (TPSA) is 80.2 Å². The summed E-state index contributed by atoms with van der Waals surface area (Å²) in [7, 11) is 0. The number of ether oxygens (including phenoxy) is 1. The van der Waals surface area contributed by atoms with Crippen LogP contribution in [0.15, 0.2) is 47.6 Å². The fourth-order valence-corrected chi connectivity index (χ4v) is 3.86. The zero-order valence-corrected chi connectivity index (χ0v) is 17.6. The number of hydrogen-bond donors (Lipinski definition) is 1. The van der Waals surface area contributed by atoms with Crippen molar-refractivity contribution in [1.29, 1.82) is 0 Å². The molecular weight excluding hydrogens is 382 g/mol. The minimum atomic E-state index is -0.524. The molecule has 0 aromatic heterocycles. The highest BCUT2D eigenvalue weighted by Crippen LogP contribution is 2.35. The lowest BCUT2D eigenvalue weighted by molar-refractivity contribution is -0.110. The van der Waals surface area contributed by atoms with E-state index in [9.17, 15) is 9.59 Å². The predicted octanol–water partition coefficient (Wildman–Crippen LogP) is 4.32. The summed E-state index contributed by atoms with van der Waals surface area (Å²) in [6.45, 7) is 6.59. The van der Waals surface area contributed by atoms with Crippen LogP contribution in [0.1, 0.15) is 40.0 Å². The number of hydrogen-bond acceptors (Lipinski definition) is 5. The molecule has 0 atom stereocenters. The molecule has 0 unspecified atom stereocenters. The normalized spacial score (nSPS) is 18.1. The van der Waals surface area contributed by atoms with Crippen LogP contribution >= 0.6 is 0 Å². The second-order valence-corrected chi connectivity index (χ2v) is 8.94. The van der Waals surface area contributed by atoms with Crippen molar-refractivity contribution in [2.24, 2.45) is 5.16 Å². The molecule has 4 rings (SSSR count). The van der Waals surface area contributed by atoms with Gasteiger partial charge in [0.2, 0.25) is 0 Å². The largest absolute Gasteiger partial charge is 0.444 e. The highest BCUT2D eigenvalue weighted by molar-refractivity contribution is 6.43.